The molecule has 0 aromatic heterocycles. The summed E-state index contributed by atoms with van der Waals surface area (Å²) in [5, 5.41) is 15.5. The fraction of sp³-hybridized carbons (Fsp3) is 0.250. The van der Waals surface area contributed by atoms with Crippen molar-refractivity contribution in [2.45, 2.75) is 0 Å². The molecular weight excluding hydrogens is 332 g/mol. The summed E-state index contributed by atoms with van der Waals surface area (Å²) in [6.45, 7) is 0.779. The van der Waals surface area contributed by atoms with E-state index < -0.39 is 0 Å². The fourth-order valence-electron chi connectivity index (χ4n) is 2.47. The molecule has 2 heterocycles. The van der Waals surface area contributed by atoms with Crippen LogP contribution in [0.1, 0.15) is 0 Å². The molecule has 126 valence electrons. The van der Waals surface area contributed by atoms with Crippen molar-refractivity contribution in [1.29, 1.82) is 5.26 Å². The topological polar surface area (TPSA) is 93.1 Å². The van der Waals surface area contributed by atoms with Crippen LogP contribution in [0, 0.1) is 11.3 Å². The molecule has 0 spiro atoms. The molecule has 8 heteroatoms. The highest BCUT2D eigenvalue weighted by atomic mass is 35.5. The Kier molecular flexibility index (Phi) is 5.34. The summed E-state index contributed by atoms with van der Waals surface area (Å²) in [7, 11) is 3.13. The molecule has 2 aliphatic heterocycles. The maximum absolute atomic E-state index is 9.47. The van der Waals surface area contributed by atoms with E-state index in [1.807, 2.05) is 6.08 Å². The van der Waals surface area contributed by atoms with E-state index in [0.29, 0.717) is 41.7 Å². The number of methoxy groups -OCH3 is 2. The number of ether oxygens (including phenoxy) is 3. The normalized spacial score (nSPS) is 16.3. The quantitative estimate of drug-likeness (QED) is 0.897. The third-order valence-corrected chi connectivity index (χ3v) is 3.62. The number of hydrogen-bond donors (Lipinski definition) is 1. The van der Waals surface area contributed by atoms with Gasteiger partial charge in [-0.1, -0.05) is 0 Å². The lowest BCUT2D eigenvalue weighted by molar-refractivity contribution is 0.199. The van der Waals surface area contributed by atoms with Crippen LogP contribution >= 0.6 is 12.4 Å². The smallest absolute Gasteiger partial charge is 0.144 e. The Morgan fingerprint density at radius 2 is 1.92 bits per heavy atom. The zero-order valence-corrected chi connectivity index (χ0v) is 14.1. The van der Waals surface area contributed by atoms with Gasteiger partial charge in [0.2, 0.25) is 0 Å². The first kappa shape index (κ1) is 17.7. The lowest BCUT2D eigenvalue weighted by Crippen LogP contribution is -2.34. The summed E-state index contributed by atoms with van der Waals surface area (Å²) in [6.07, 6.45) is 1.82. The van der Waals surface area contributed by atoms with Crippen molar-refractivity contribution < 1.29 is 14.2 Å². The summed E-state index contributed by atoms with van der Waals surface area (Å²) in [5.41, 5.74) is 8.61. The Labute approximate surface area is 146 Å². The van der Waals surface area contributed by atoms with Crippen LogP contribution in [0.15, 0.2) is 46.3 Å². The number of benzene rings is 1. The van der Waals surface area contributed by atoms with E-state index in [0.717, 1.165) is 5.57 Å². The predicted molar refractivity (Wildman–Crippen MR) is 92.4 cm³/mol. The van der Waals surface area contributed by atoms with Crippen LogP contribution in [-0.2, 0) is 4.74 Å². The Bertz CT molecular complexity index is 758. The molecule has 0 amide bonds. The highest BCUT2D eigenvalue weighted by Crippen LogP contribution is 2.33. The number of allylic oxidation sites excluding steroid dienone is 1. The van der Waals surface area contributed by atoms with Crippen molar-refractivity contribution in [3.05, 3.63) is 41.2 Å². The first-order valence-corrected chi connectivity index (χ1v) is 6.97. The average molecular weight is 349 g/mol. The molecule has 24 heavy (non-hydrogen) atoms. The number of anilines is 1. The second-order valence-corrected chi connectivity index (χ2v) is 4.93. The van der Waals surface area contributed by atoms with Crippen LogP contribution in [0.2, 0.25) is 0 Å². The Morgan fingerprint density at radius 1 is 1.25 bits per heavy atom. The molecule has 0 atom stereocenters. The van der Waals surface area contributed by atoms with E-state index in [-0.39, 0.29) is 18.2 Å². The third kappa shape index (κ3) is 3.02. The standard InChI is InChI=1S/C16H16N4O3.ClH/c1-21-11-5-10(6-12(7-11)22-2)20-16(18)14(8-17)13-3-4-23-9-15(13)19-20;/h3,5-7H,4,9,18H2,1-2H3;1H. The van der Waals surface area contributed by atoms with Gasteiger partial charge in [0, 0.05) is 23.8 Å². The number of nitriles is 1. The molecule has 0 radical (unpaired) electrons. The van der Waals surface area contributed by atoms with Gasteiger partial charge >= 0.3 is 0 Å². The lowest BCUT2D eigenvalue weighted by atomic mass is 9.99. The number of fused-ring (bicyclic) bond motifs is 1. The maximum Gasteiger partial charge on any atom is 0.144 e. The fourth-order valence-corrected chi connectivity index (χ4v) is 2.47. The molecule has 0 fully saturated rings. The highest BCUT2D eigenvalue weighted by molar-refractivity contribution is 6.08. The molecule has 2 aliphatic rings. The molecule has 3 rings (SSSR count). The van der Waals surface area contributed by atoms with Crippen molar-refractivity contribution in [1.82, 2.24) is 0 Å². The monoisotopic (exact) mass is 348 g/mol. The van der Waals surface area contributed by atoms with Gasteiger partial charge in [0.15, 0.2) is 0 Å². The maximum atomic E-state index is 9.47. The minimum atomic E-state index is 0. The molecule has 0 saturated heterocycles. The predicted octanol–water partition coefficient (Wildman–Crippen LogP) is 1.95. The zero-order chi connectivity index (χ0) is 16.4. The molecule has 1 aromatic carbocycles. The van der Waals surface area contributed by atoms with Gasteiger partial charge in [-0.25, -0.2) is 5.01 Å². The number of nitrogens with zero attached hydrogens (tertiary/aromatic N) is 3. The van der Waals surface area contributed by atoms with E-state index in [4.69, 9.17) is 19.9 Å². The van der Waals surface area contributed by atoms with Crippen LogP contribution in [0.25, 0.3) is 0 Å². The van der Waals surface area contributed by atoms with Gasteiger partial charge in [-0.05, 0) is 6.08 Å². The second kappa shape index (κ2) is 7.25. The number of hydrogen-bond acceptors (Lipinski definition) is 7. The average Bonchev–Trinajstić information content (AvgIpc) is 2.60. The number of hydrazone groups is 1. The van der Waals surface area contributed by atoms with E-state index in [9.17, 15) is 5.26 Å². The van der Waals surface area contributed by atoms with Crippen LogP contribution in [0.3, 0.4) is 0 Å². The zero-order valence-electron chi connectivity index (χ0n) is 13.3. The summed E-state index contributed by atoms with van der Waals surface area (Å²) < 4.78 is 15.9. The first-order chi connectivity index (χ1) is 11.2. The largest absolute Gasteiger partial charge is 0.497 e. The highest BCUT2D eigenvalue weighted by Gasteiger charge is 2.28. The van der Waals surface area contributed by atoms with Gasteiger partial charge < -0.3 is 19.9 Å². The van der Waals surface area contributed by atoms with Crippen molar-refractivity contribution in [2.75, 3.05) is 32.4 Å². The summed E-state index contributed by atoms with van der Waals surface area (Å²) in [5.74, 6) is 1.47. The van der Waals surface area contributed by atoms with Crippen LogP contribution in [0.5, 0.6) is 11.5 Å². The van der Waals surface area contributed by atoms with E-state index in [1.54, 1.807) is 32.4 Å². The molecule has 2 N–H and O–H groups in total. The first-order valence-electron chi connectivity index (χ1n) is 6.97. The van der Waals surface area contributed by atoms with Gasteiger partial charge in [0.1, 0.15) is 29.0 Å². The minimum Gasteiger partial charge on any atom is -0.497 e. The van der Waals surface area contributed by atoms with Gasteiger partial charge in [-0.15, -0.1) is 12.4 Å². The Balaban J connectivity index is 0.00000208. The van der Waals surface area contributed by atoms with E-state index in [1.165, 1.54) is 5.01 Å². The molecule has 1 aromatic rings. The minimum absolute atomic E-state index is 0. The molecule has 0 aliphatic carbocycles. The van der Waals surface area contributed by atoms with Crippen LogP contribution in [-0.4, -0.2) is 33.1 Å². The second-order valence-electron chi connectivity index (χ2n) is 4.93. The van der Waals surface area contributed by atoms with Gasteiger partial charge in [0.05, 0.1) is 38.8 Å². The third-order valence-electron chi connectivity index (χ3n) is 3.62. The Hall–Kier alpha value is -2.69. The van der Waals surface area contributed by atoms with Gasteiger partial charge in [0.25, 0.3) is 0 Å². The van der Waals surface area contributed by atoms with Crippen molar-refractivity contribution in [3.63, 3.8) is 0 Å². The van der Waals surface area contributed by atoms with Gasteiger partial charge in [-0.2, -0.15) is 10.4 Å². The van der Waals surface area contributed by atoms with E-state index in [2.05, 4.69) is 11.2 Å². The van der Waals surface area contributed by atoms with Crippen LogP contribution in [0.4, 0.5) is 5.69 Å². The molecular formula is C16H17ClN4O3. The summed E-state index contributed by atoms with van der Waals surface area (Å²) in [4.78, 5) is 0. The number of halogens is 1. The van der Waals surface area contributed by atoms with Gasteiger partial charge in [-0.3, -0.25) is 0 Å². The molecule has 0 bridgehead atoms. The van der Waals surface area contributed by atoms with Crippen molar-refractivity contribution in [2.24, 2.45) is 10.8 Å². The van der Waals surface area contributed by atoms with Crippen molar-refractivity contribution >= 4 is 23.8 Å². The number of rotatable bonds is 3. The molecule has 0 saturated carbocycles. The SMILES string of the molecule is COc1cc(OC)cc(N2N=C3COCC=C3C(C#N)=C2N)c1.Cl. The summed E-state index contributed by atoms with van der Waals surface area (Å²) in [6, 6.07) is 7.45. The Morgan fingerprint density at radius 3 is 2.50 bits per heavy atom. The van der Waals surface area contributed by atoms with E-state index >= 15 is 0 Å². The molecule has 0 unspecified atom stereocenters. The summed E-state index contributed by atoms with van der Waals surface area (Å²) >= 11 is 0. The molecule has 7 nitrogen and oxygen atoms in total. The number of nitrogens with two attached hydrogens (primary N) is 1. The van der Waals surface area contributed by atoms with Crippen molar-refractivity contribution in [3.8, 4) is 17.6 Å². The lowest BCUT2D eigenvalue weighted by Gasteiger charge is -2.29. The van der Waals surface area contributed by atoms with Crippen LogP contribution < -0.4 is 20.2 Å².